The molecule has 134 valence electrons. The zero-order valence-corrected chi connectivity index (χ0v) is 14.6. The SMILES string of the molecule is CCC(C)(C)C(=O)OCC(=O)OC1C2CC3CC1OC(=O)[C@H](C3)C2. The number of ether oxygens (including phenoxy) is 3. The average Bonchev–Trinajstić information content (AvgIpc) is 2.70. The Balaban J connectivity index is 1.57. The van der Waals surface area contributed by atoms with Crippen molar-refractivity contribution in [2.45, 2.75) is 65.1 Å². The molecule has 0 radical (unpaired) electrons. The summed E-state index contributed by atoms with van der Waals surface area (Å²) in [5.41, 5.74) is -0.615. The molecular weight excluding hydrogens is 312 g/mol. The molecule has 2 saturated carbocycles. The highest BCUT2D eigenvalue weighted by atomic mass is 16.6. The number of carbonyl (C=O) groups excluding carboxylic acids is 3. The molecule has 4 rings (SSSR count). The summed E-state index contributed by atoms with van der Waals surface area (Å²) in [6.07, 6.45) is 3.25. The lowest BCUT2D eigenvalue weighted by Gasteiger charge is -2.41. The zero-order chi connectivity index (χ0) is 17.5. The van der Waals surface area contributed by atoms with Gasteiger partial charge < -0.3 is 14.2 Å². The molecule has 2 heterocycles. The smallest absolute Gasteiger partial charge is 0.344 e. The lowest BCUT2D eigenvalue weighted by Crippen LogP contribution is -2.45. The monoisotopic (exact) mass is 338 g/mol. The van der Waals surface area contributed by atoms with Crippen LogP contribution in [0, 0.1) is 23.2 Å². The summed E-state index contributed by atoms with van der Waals surface area (Å²) < 4.78 is 16.2. The van der Waals surface area contributed by atoms with Gasteiger partial charge in [-0.3, -0.25) is 9.59 Å². The Morgan fingerprint density at radius 1 is 1.21 bits per heavy atom. The molecule has 6 heteroatoms. The highest BCUT2D eigenvalue weighted by Crippen LogP contribution is 2.48. The van der Waals surface area contributed by atoms with Gasteiger partial charge in [0.05, 0.1) is 11.3 Å². The molecule has 4 aliphatic rings. The Kier molecular flexibility index (Phi) is 4.58. The van der Waals surface area contributed by atoms with Crippen LogP contribution in [0.2, 0.25) is 0 Å². The first-order valence-corrected chi connectivity index (χ1v) is 8.87. The average molecular weight is 338 g/mol. The molecule has 4 fully saturated rings. The van der Waals surface area contributed by atoms with Crippen LogP contribution in [0.3, 0.4) is 0 Å². The summed E-state index contributed by atoms with van der Waals surface area (Å²) in [4.78, 5) is 36.1. The van der Waals surface area contributed by atoms with Crippen LogP contribution < -0.4 is 0 Å². The van der Waals surface area contributed by atoms with Gasteiger partial charge in [0.1, 0.15) is 12.2 Å². The van der Waals surface area contributed by atoms with Gasteiger partial charge >= 0.3 is 17.9 Å². The first-order valence-electron chi connectivity index (χ1n) is 8.87. The van der Waals surface area contributed by atoms with Gasteiger partial charge in [-0.15, -0.1) is 0 Å². The van der Waals surface area contributed by atoms with Crippen LogP contribution in [0.25, 0.3) is 0 Å². The van der Waals surface area contributed by atoms with Crippen molar-refractivity contribution in [1.29, 1.82) is 0 Å². The van der Waals surface area contributed by atoms with Crippen molar-refractivity contribution >= 4 is 17.9 Å². The van der Waals surface area contributed by atoms with E-state index in [1.165, 1.54) is 0 Å². The van der Waals surface area contributed by atoms with E-state index in [2.05, 4.69) is 0 Å². The fourth-order valence-corrected chi connectivity index (χ4v) is 4.09. The maximum absolute atomic E-state index is 12.1. The second-order valence-electron chi connectivity index (χ2n) is 8.01. The van der Waals surface area contributed by atoms with Crippen LogP contribution >= 0.6 is 0 Å². The van der Waals surface area contributed by atoms with Crippen molar-refractivity contribution in [3.8, 4) is 0 Å². The molecular formula is C18H26O6. The minimum atomic E-state index is -0.615. The van der Waals surface area contributed by atoms with E-state index in [0.717, 1.165) is 25.7 Å². The minimum Gasteiger partial charge on any atom is -0.458 e. The van der Waals surface area contributed by atoms with E-state index in [4.69, 9.17) is 14.2 Å². The highest BCUT2D eigenvalue weighted by molar-refractivity contribution is 5.80. The lowest BCUT2D eigenvalue weighted by molar-refractivity contribution is -0.180. The maximum Gasteiger partial charge on any atom is 0.344 e. The Bertz CT molecular complexity index is 540. The summed E-state index contributed by atoms with van der Waals surface area (Å²) in [7, 11) is 0. The molecule has 0 aromatic heterocycles. The maximum atomic E-state index is 12.1. The Hall–Kier alpha value is -1.59. The minimum absolute atomic E-state index is 0.0503. The van der Waals surface area contributed by atoms with Crippen LogP contribution in [-0.4, -0.2) is 36.7 Å². The molecule has 2 saturated heterocycles. The van der Waals surface area contributed by atoms with Gasteiger partial charge in [0.15, 0.2) is 6.61 Å². The summed E-state index contributed by atoms with van der Waals surface area (Å²) in [5, 5.41) is 0. The number of fused-ring (bicyclic) bond motifs is 1. The first-order chi connectivity index (χ1) is 11.3. The van der Waals surface area contributed by atoms with E-state index in [0.29, 0.717) is 12.3 Å². The van der Waals surface area contributed by atoms with Crippen molar-refractivity contribution in [2.75, 3.05) is 6.61 Å². The Morgan fingerprint density at radius 3 is 2.67 bits per heavy atom. The van der Waals surface area contributed by atoms with E-state index >= 15 is 0 Å². The predicted octanol–water partition coefficient (Wildman–Crippen LogP) is 2.24. The van der Waals surface area contributed by atoms with Crippen LogP contribution in [0.15, 0.2) is 0 Å². The molecule has 0 N–H and O–H groups in total. The number of hydrogen-bond acceptors (Lipinski definition) is 6. The van der Waals surface area contributed by atoms with E-state index < -0.39 is 23.5 Å². The number of carbonyl (C=O) groups is 3. The second-order valence-corrected chi connectivity index (χ2v) is 8.01. The number of rotatable bonds is 5. The normalized spacial score (nSPS) is 34.5. The lowest BCUT2D eigenvalue weighted by atomic mass is 9.67. The number of esters is 3. The van der Waals surface area contributed by atoms with Crippen molar-refractivity contribution in [3.05, 3.63) is 0 Å². The third-order valence-electron chi connectivity index (χ3n) is 5.86. The predicted molar refractivity (Wildman–Crippen MR) is 83.7 cm³/mol. The Labute approximate surface area is 142 Å². The fourth-order valence-electron chi connectivity index (χ4n) is 4.09. The highest BCUT2D eigenvalue weighted by Gasteiger charge is 2.51. The van der Waals surface area contributed by atoms with Crippen molar-refractivity contribution < 1.29 is 28.6 Å². The zero-order valence-electron chi connectivity index (χ0n) is 14.6. The van der Waals surface area contributed by atoms with Gasteiger partial charge in [-0.25, -0.2) is 4.79 Å². The molecule has 0 aromatic rings. The summed E-state index contributed by atoms with van der Waals surface area (Å²) in [6.45, 7) is 5.06. The van der Waals surface area contributed by atoms with Crippen LogP contribution in [0.5, 0.6) is 0 Å². The van der Waals surface area contributed by atoms with Crippen LogP contribution in [0.4, 0.5) is 0 Å². The van der Waals surface area contributed by atoms with Crippen molar-refractivity contribution in [3.63, 3.8) is 0 Å². The molecule has 4 bridgehead atoms. The molecule has 24 heavy (non-hydrogen) atoms. The van der Waals surface area contributed by atoms with E-state index in [-0.39, 0.29) is 30.5 Å². The third kappa shape index (κ3) is 3.28. The molecule has 2 aliphatic heterocycles. The van der Waals surface area contributed by atoms with E-state index in [1.807, 2.05) is 6.92 Å². The van der Waals surface area contributed by atoms with Gasteiger partial charge in [0, 0.05) is 5.92 Å². The fraction of sp³-hybridized carbons (Fsp3) is 0.833. The number of hydrogen-bond donors (Lipinski definition) is 0. The summed E-state index contributed by atoms with van der Waals surface area (Å²) in [5.74, 6) is -0.513. The van der Waals surface area contributed by atoms with Gasteiger partial charge in [0.2, 0.25) is 0 Å². The molecule has 5 atom stereocenters. The quantitative estimate of drug-likeness (QED) is 0.565. The first kappa shape index (κ1) is 17.2. The third-order valence-corrected chi connectivity index (χ3v) is 5.86. The second kappa shape index (κ2) is 6.37. The molecule has 6 nitrogen and oxygen atoms in total. The standard InChI is InChI=1S/C18H26O6/c1-4-18(2,3)17(21)22-9-14(19)24-15-11-5-10-6-12(8-11)16(20)23-13(15)7-10/h10-13,15H,4-9H2,1-3H3/t10?,11?,12-,13?,15?/m1/s1. The molecule has 0 spiro atoms. The van der Waals surface area contributed by atoms with Gasteiger partial charge in [0.25, 0.3) is 0 Å². The van der Waals surface area contributed by atoms with Crippen molar-refractivity contribution in [2.24, 2.45) is 23.2 Å². The van der Waals surface area contributed by atoms with Gasteiger partial charge in [-0.1, -0.05) is 6.92 Å². The van der Waals surface area contributed by atoms with E-state index in [1.54, 1.807) is 13.8 Å². The van der Waals surface area contributed by atoms with Crippen molar-refractivity contribution in [1.82, 2.24) is 0 Å². The molecule has 0 amide bonds. The topological polar surface area (TPSA) is 78.9 Å². The van der Waals surface area contributed by atoms with Gasteiger partial charge in [-0.05, 0) is 51.9 Å². The molecule has 4 unspecified atom stereocenters. The largest absolute Gasteiger partial charge is 0.458 e. The molecule has 0 aromatic carbocycles. The molecule has 2 aliphatic carbocycles. The van der Waals surface area contributed by atoms with Crippen LogP contribution in [0.1, 0.15) is 52.9 Å². The summed E-state index contributed by atoms with van der Waals surface area (Å²) in [6, 6.07) is 0. The van der Waals surface area contributed by atoms with Crippen LogP contribution in [-0.2, 0) is 28.6 Å². The van der Waals surface area contributed by atoms with E-state index in [9.17, 15) is 14.4 Å². The Morgan fingerprint density at radius 2 is 1.96 bits per heavy atom. The summed E-state index contributed by atoms with van der Waals surface area (Å²) >= 11 is 0. The van der Waals surface area contributed by atoms with Gasteiger partial charge in [-0.2, -0.15) is 0 Å².